The largest absolute Gasteiger partial charge is 0.365 e. The van der Waals surface area contributed by atoms with Crippen LogP contribution >= 0.6 is 15.9 Å². The SMILES string of the molecule is CC1CCC(C(=O)Nc2cc(Br)ccn2)O1. The third-order valence-electron chi connectivity index (χ3n) is 2.50. The van der Waals surface area contributed by atoms with Gasteiger partial charge in [0.25, 0.3) is 5.91 Å². The highest BCUT2D eigenvalue weighted by Crippen LogP contribution is 2.20. The molecule has 2 heterocycles. The molecular weight excluding hydrogens is 272 g/mol. The summed E-state index contributed by atoms with van der Waals surface area (Å²) in [5.41, 5.74) is 0. The molecule has 1 aliphatic heterocycles. The van der Waals surface area contributed by atoms with Crippen LogP contribution in [0.3, 0.4) is 0 Å². The number of aromatic nitrogens is 1. The molecule has 4 nitrogen and oxygen atoms in total. The molecule has 1 aromatic rings. The van der Waals surface area contributed by atoms with E-state index in [2.05, 4.69) is 26.2 Å². The molecule has 2 atom stereocenters. The molecule has 0 saturated carbocycles. The lowest BCUT2D eigenvalue weighted by Gasteiger charge is -2.11. The summed E-state index contributed by atoms with van der Waals surface area (Å²) in [6.07, 6.45) is 3.19. The fraction of sp³-hybridized carbons (Fsp3) is 0.455. The molecule has 2 rings (SSSR count). The first-order valence-corrected chi connectivity index (χ1v) is 6.02. The van der Waals surface area contributed by atoms with Crippen LogP contribution in [0.2, 0.25) is 0 Å². The number of ether oxygens (including phenoxy) is 1. The van der Waals surface area contributed by atoms with E-state index in [-0.39, 0.29) is 18.1 Å². The Hall–Kier alpha value is -0.940. The molecule has 2 unspecified atom stereocenters. The summed E-state index contributed by atoms with van der Waals surface area (Å²) >= 11 is 3.32. The van der Waals surface area contributed by atoms with Crippen LogP contribution in [0.5, 0.6) is 0 Å². The Kier molecular flexibility index (Phi) is 3.56. The van der Waals surface area contributed by atoms with E-state index in [9.17, 15) is 4.79 Å². The van der Waals surface area contributed by atoms with Crippen LogP contribution in [-0.4, -0.2) is 23.1 Å². The number of carbonyl (C=O) groups excluding carboxylic acids is 1. The van der Waals surface area contributed by atoms with Crippen molar-refractivity contribution in [1.29, 1.82) is 0 Å². The van der Waals surface area contributed by atoms with Crippen molar-refractivity contribution < 1.29 is 9.53 Å². The van der Waals surface area contributed by atoms with Gasteiger partial charge in [-0.1, -0.05) is 15.9 Å². The van der Waals surface area contributed by atoms with Crippen LogP contribution < -0.4 is 5.32 Å². The molecule has 1 saturated heterocycles. The number of amides is 1. The predicted octanol–water partition coefficient (Wildman–Crippen LogP) is 2.35. The number of rotatable bonds is 2. The summed E-state index contributed by atoms with van der Waals surface area (Å²) in [5, 5.41) is 2.74. The van der Waals surface area contributed by atoms with E-state index in [1.807, 2.05) is 13.0 Å². The van der Waals surface area contributed by atoms with Gasteiger partial charge in [-0.15, -0.1) is 0 Å². The lowest BCUT2D eigenvalue weighted by Crippen LogP contribution is -2.28. The van der Waals surface area contributed by atoms with Crippen molar-refractivity contribution in [2.75, 3.05) is 5.32 Å². The molecule has 1 N–H and O–H groups in total. The zero-order valence-electron chi connectivity index (χ0n) is 8.94. The van der Waals surface area contributed by atoms with Gasteiger partial charge in [-0.25, -0.2) is 4.98 Å². The molecule has 1 fully saturated rings. The second-order valence-electron chi connectivity index (χ2n) is 3.86. The Labute approximate surface area is 103 Å². The van der Waals surface area contributed by atoms with Gasteiger partial charge in [0, 0.05) is 10.7 Å². The highest BCUT2D eigenvalue weighted by atomic mass is 79.9. The van der Waals surface area contributed by atoms with Crippen LogP contribution in [-0.2, 0) is 9.53 Å². The van der Waals surface area contributed by atoms with Crippen molar-refractivity contribution in [1.82, 2.24) is 4.98 Å². The van der Waals surface area contributed by atoms with Crippen LogP contribution in [0.1, 0.15) is 19.8 Å². The van der Waals surface area contributed by atoms with E-state index in [0.29, 0.717) is 5.82 Å². The Bertz CT molecular complexity index is 397. The van der Waals surface area contributed by atoms with Gasteiger partial charge in [0.05, 0.1) is 6.10 Å². The van der Waals surface area contributed by atoms with Gasteiger partial charge in [-0.3, -0.25) is 4.79 Å². The second-order valence-corrected chi connectivity index (χ2v) is 4.78. The van der Waals surface area contributed by atoms with Crippen molar-refractivity contribution >= 4 is 27.7 Å². The molecule has 0 bridgehead atoms. The predicted molar refractivity (Wildman–Crippen MR) is 64.1 cm³/mol. The molecule has 1 aromatic heterocycles. The van der Waals surface area contributed by atoms with Crippen molar-refractivity contribution in [3.8, 4) is 0 Å². The molecule has 0 aromatic carbocycles. The highest BCUT2D eigenvalue weighted by Gasteiger charge is 2.28. The van der Waals surface area contributed by atoms with Gasteiger partial charge in [-0.05, 0) is 31.9 Å². The quantitative estimate of drug-likeness (QED) is 0.907. The maximum atomic E-state index is 11.8. The summed E-state index contributed by atoms with van der Waals surface area (Å²) in [6, 6.07) is 3.57. The van der Waals surface area contributed by atoms with Crippen LogP contribution in [0.4, 0.5) is 5.82 Å². The summed E-state index contributed by atoms with van der Waals surface area (Å²) in [4.78, 5) is 15.8. The minimum Gasteiger partial charge on any atom is -0.365 e. The standard InChI is InChI=1S/C11H13BrN2O2/c1-7-2-3-9(16-7)11(15)14-10-6-8(12)4-5-13-10/h4-7,9H,2-3H2,1H3,(H,13,14,15). The first-order valence-electron chi connectivity index (χ1n) is 5.23. The van der Waals surface area contributed by atoms with Gasteiger partial charge >= 0.3 is 0 Å². The Balaban J connectivity index is 1.97. The van der Waals surface area contributed by atoms with Gasteiger partial charge in [-0.2, -0.15) is 0 Å². The number of hydrogen-bond acceptors (Lipinski definition) is 3. The van der Waals surface area contributed by atoms with E-state index >= 15 is 0 Å². The third-order valence-corrected chi connectivity index (χ3v) is 2.99. The fourth-order valence-corrected chi connectivity index (χ4v) is 2.01. The number of hydrogen-bond donors (Lipinski definition) is 1. The minimum atomic E-state index is -0.337. The monoisotopic (exact) mass is 284 g/mol. The Morgan fingerprint density at radius 3 is 3.06 bits per heavy atom. The topological polar surface area (TPSA) is 51.2 Å². The molecule has 86 valence electrons. The average Bonchev–Trinajstić information content (AvgIpc) is 2.65. The molecule has 1 amide bonds. The number of pyridine rings is 1. The van der Waals surface area contributed by atoms with Crippen molar-refractivity contribution in [3.63, 3.8) is 0 Å². The molecule has 0 aliphatic carbocycles. The second kappa shape index (κ2) is 4.93. The first-order chi connectivity index (χ1) is 7.65. The Morgan fingerprint density at radius 1 is 1.62 bits per heavy atom. The molecule has 0 spiro atoms. The minimum absolute atomic E-state index is 0.116. The van der Waals surface area contributed by atoms with E-state index in [0.717, 1.165) is 17.3 Å². The number of halogens is 1. The summed E-state index contributed by atoms with van der Waals surface area (Å²) in [7, 11) is 0. The zero-order valence-corrected chi connectivity index (χ0v) is 10.5. The Morgan fingerprint density at radius 2 is 2.44 bits per heavy atom. The third kappa shape index (κ3) is 2.80. The summed E-state index contributed by atoms with van der Waals surface area (Å²) in [6.45, 7) is 1.98. The first kappa shape index (κ1) is 11.5. The number of carbonyl (C=O) groups is 1. The summed E-state index contributed by atoms with van der Waals surface area (Å²) in [5.74, 6) is 0.428. The number of nitrogens with zero attached hydrogens (tertiary/aromatic N) is 1. The molecular formula is C11H13BrN2O2. The van der Waals surface area contributed by atoms with E-state index in [1.54, 1.807) is 12.3 Å². The lowest BCUT2D eigenvalue weighted by atomic mass is 10.2. The van der Waals surface area contributed by atoms with Crippen molar-refractivity contribution in [2.24, 2.45) is 0 Å². The molecule has 1 aliphatic rings. The van der Waals surface area contributed by atoms with E-state index in [1.165, 1.54) is 0 Å². The van der Waals surface area contributed by atoms with Gasteiger partial charge in [0.15, 0.2) is 0 Å². The fourth-order valence-electron chi connectivity index (χ4n) is 1.68. The van der Waals surface area contributed by atoms with Gasteiger partial charge < -0.3 is 10.1 Å². The number of anilines is 1. The maximum Gasteiger partial charge on any atom is 0.254 e. The highest BCUT2D eigenvalue weighted by molar-refractivity contribution is 9.10. The van der Waals surface area contributed by atoms with Crippen molar-refractivity contribution in [2.45, 2.75) is 32.0 Å². The van der Waals surface area contributed by atoms with Crippen LogP contribution in [0.25, 0.3) is 0 Å². The molecule has 16 heavy (non-hydrogen) atoms. The van der Waals surface area contributed by atoms with Crippen LogP contribution in [0, 0.1) is 0 Å². The summed E-state index contributed by atoms with van der Waals surface area (Å²) < 4.78 is 6.36. The van der Waals surface area contributed by atoms with Gasteiger partial charge in [0.2, 0.25) is 0 Å². The van der Waals surface area contributed by atoms with E-state index < -0.39 is 0 Å². The molecule has 5 heteroatoms. The average molecular weight is 285 g/mol. The molecule has 0 radical (unpaired) electrons. The normalized spacial score (nSPS) is 24.4. The van der Waals surface area contributed by atoms with E-state index in [4.69, 9.17) is 4.74 Å². The number of nitrogens with one attached hydrogen (secondary N) is 1. The lowest BCUT2D eigenvalue weighted by molar-refractivity contribution is -0.126. The van der Waals surface area contributed by atoms with Crippen LogP contribution in [0.15, 0.2) is 22.8 Å². The smallest absolute Gasteiger partial charge is 0.254 e. The van der Waals surface area contributed by atoms with Gasteiger partial charge in [0.1, 0.15) is 11.9 Å². The van der Waals surface area contributed by atoms with Crippen molar-refractivity contribution in [3.05, 3.63) is 22.8 Å². The maximum absolute atomic E-state index is 11.8. The zero-order chi connectivity index (χ0) is 11.5.